The lowest BCUT2D eigenvalue weighted by molar-refractivity contribution is 0.0762. The van der Waals surface area contributed by atoms with Crippen LogP contribution in [-0.2, 0) is 0 Å². The molecule has 0 amide bonds. The number of nitrogens with two attached hydrogens (primary N) is 1. The fourth-order valence-corrected chi connectivity index (χ4v) is 2.71. The van der Waals surface area contributed by atoms with Crippen LogP contribution in [0.5, 0.6) is 0 Å². The van der Waals surface area contributed by atoms with Gasteiger partial charge in [0.1, 0.15) is 6.04 Å². The van der Waals surface area contributed by atoms with E-state index in [1.807, 2.05) is 0 Å². The summed E-state index contributed by atoms with van der Waals surface area (Å²) in [6.07, 6.45) is 6.45. The van der Waals surface area contributed by atoms with E-state index in [4.69, 9.17) is 11.0 Å². The third-order valence-corrected chi connectivity index (χ3v) is 3.56. The predicted molar refractivity (Wildman–Crippen MR) is 55.5 cm³/mol. The van der Waals surface area contributed by atoms with Gasteiger partial charge in [0, 0.05) is 19.1 Å². The van der Waals surface area contributed by atoms with E-state index in [1.165, 1.54) is 32.1 Å². The second-order valence-corrected chi connectivity index (χ2v) is 4.69. The standard InChI is InChI=1S/C11H19N3/c12-6-11(14-7-10(13)8-14)9-4-2-1-3-5-9/h9-11H,1-5,7-8,13H2/t11-/m0/s1. The van der Waals surface area contributed by atoms with Crippen molar-refractivity contribution in [1.82, 2.24) is 4.90 Å². The molecule has 14 heavy (non-hydrogen) atoms. The zero-order chi connectivity index (χ0) is 9.97. The first kappa shape index (κ1) is 9.95. The molecule has 0 aromatic rings. The van der Waals surface area contributed by atoms with Crippen molar-refractivity contribution in [2.45, 2.75) is 44.2 Å². The van der Waals surface area contributed by atoms with Crippen LogP contribution in [0.2, 0.25) is 0 Å². The topological polar surface area (TPSA) is 53.0 Å². The Bertz CT molecular complexity index is 221. The molecule has 1 heterocycles. The van der Waals surface area contributed by atoms with E-state index in [-0.39, 0.29) is 6.04 Å². The van der Waals surface area contributed by atoms with Crippen molar-refractivity contribution in [3.8, 4) is 6.07 Å². The molecular formula is C11H19N3. The van der Waals surface area contributed by atoms with Crippen molar-refractivity contribution >= 4 is 0 Å². The maximum Gasteiger partial charge on any atom is 0.101 e. The highest BCUT2D eigenvalue weighted by Gasteiger charge is 2.35. The van der Waals surface area contributed by atoms with Gasteiger partial charge in [-0.3, -0.25) is 4.90 Å². The number of hydrogen-bond donors (Lipinski definition) is 1. The van der Waals surface area contributed by atoms with Crippen LogP contribution in [0.1, 0.15) is 32.1 Å². The van der Waals surface area contributed by atoms with Crippen LogP contribution in [0.25, 0.3) is 0 Å². The molecule has 1 atom stereocenters. The number of rotatable bonds is 2. The molecule has 1 aliphatic heterocycles. The smallest absolute Gasteiger partial charge is 0.101 e. The Hall–Kier alpha value is -0.590. The summed E-state index contributed by atoms with van der Waals surface area (Å²) in [5.74, 6) is 0.612. The zero-order valence-corrected chi connectivity index (χ0v) is 8.65. The molecular weight excluding hydrogens is 174 g/mol. The Labute approximate surface area is 85.9 Å². The van der Waals surface area contributed by atoms with Crippen molar-refractivity contribution in [1.29, 1.82) is 5.26 Å². The summed E-state index contributed by atoms with van der Waals surface area (Å²) in [6, 6.07) is 2.93. The highest BCUT2D eigenvalue weighted by atomic mass is 15.2. The predicted octanol–water partition coefficient (Wildman–Crippen LogP) is 1.10. The summed E-state index contributed by atoms with van der Waals surface area (Å²) in [6.45, 7) is 1.85. The first-order valence-electron chi connectivity index (χ1n) is 5.70. The van der Waals surface area contributed by atoms with Crippen LogP contribution < -0.4 is 5.73 Å². The van der Waals surface area contributed by atoms with E-state index in [2.05, 4.69) is 11.0 Å². The number of nitrogens with zero attached hydrogens (tertiary/aromatic N) is 2. The average molecular weight is 193 g/mol. The molecule has 0 radical (unpaired) electrons. The summed E-state index contributed by atoms with van der Waals surface area (Å²) >= 11 is 0. The molecule has 1 saturated carbocycles. The largest absolute Gasteiger partial charge is 0.325 e. The Balaban J connectivity index is 1.89. The monoisotopic (exact) mass is 193 g/mol. The van der Waals surface area contributed by atoms with Crippen LogP contribution in [0.15, 0.2) is 0 Å². The minimum Gasteiger partial charge on any atom is -0.325 e. The quantitative estimate of drug-likeness (QED) is 0.714. The minimum absolute atomic E-state index is 0.148. The Morgan fingerprint density at radius 3 is 2.36 bits per heavy atom. The average Bonchev–Trinajstić information content (AvgIpc) is 2.18. The highest BCUT2D eigenvalue weighted by molar-refractivity contribution is 5.02. The zero-order valence-electron chi connectivity index (χ0n) is 8.65. The van der Waals surface area contributed by atoms with Crippen LogP contribution >= 0.6 is 0 Å². The maximum absolute atomic E-state index is 9.17. The van der Waals surface area contributed by atoms with Gasteiger partial charge in [-0.2, -0.15) is 5.26 Å². The number of nitriles is 1. The van der Waals surface area contributed by atoms with E-state index in [0.29, 0.717) is 12.0 Å². The van der Waals surface area contributed by atoms with E-state index in [1.54, 1.807) is 0 Å². The van der Waals surface area contributed by atoms with Gasteiger partial charge in [0.2, 0.25) is 0 Å². The van der Waals surface area contributed by atoms with Crippen molar-refractivity contribution in [3.05, 3.63) is 0 Å². The molecule has 0 spiro atoms. The third-order valence-electron chi connectivity index (χ3n) is 3.56. The van der Waals surface area contributed by atoms with Gasteiger partial charge in [0.25, 0.3) is 0 Å². The van der Waals surface area contributed by atoms with E-state index < -0.39 is 0 Å². The van der Waals surface area contributed by atoms with Gasteiger partial charge in [-0.25, -0.2) is 0 Å². The molecule has 1 saturated heterocycles. The van der Waals surface area contributed by atoms with Gasteiger partial charge in [-0.15, -0.1) is 0 Å². The second-order valence-electron chi connectivity index (χ2n) is 4.69. The summed E-state index contributed by atoms with van der Waals surface area (Å²) < 4.78 is 0. The molecule has 2 fully saturated rings. The molecule has 3 nitrogen and oxygen atoms in total. The van der Waals surface area contributed by atoms with Crippen LogP contribution in [0.4, 0.5) is 0 Å². The molecule has 2 rings (SSSR count). The summed E-state index contributed by atoms with van der Waals surface area (Å²) in [5.41, 5.74) is 5.74. The fraction of sp³-hybridized carbons (Fsp3) is 0.909. The summed E-state index contributed by atoms with van der Waals surface area (Å²) in [5, 5.41) is 9.17. The lowest BCUT2D eigenvalue weighted by atomic mass is 9.82. The van der Waals surface area contributed by atoms with Crippen molar-refractivity contribution < 1.29 is 0 Å². The van der Waals surface area contributed by atoms with Crippen molar-refractivity contribution in [2.24, 2.45) is 11.7 Å². The molecule has 0 aromatic carbocycles. The summed E-state index contributed by atoms with van der Waals surface area (Å²) in [7, 11) is 0. The number of likely N-dealkylation sites (tertiary alicyclic amines) is 1. The first-order valence-corrected chi connectivity index (χ1v) is 5.70. The Kier molecular flexibility index (Phi) is 3.05. The van der Waals surface area contributed by atoms with Gasteiger partial charge in [-0.05, 0) is 18.8 Å². The fourth-order valence-electron chi connectivity index (χ4n) is 2.71. The van der Waals surface area contributed by atoms with E-state index >= 15 is 0 Å². The first-order chi connectivity index (χ1) is 6.81. The van der Waals surface area contributed by atoms with Crippen LogP contribution in [-0.4, -0.2) is 30.1 Å². The third kappa shape index (κ3) is 1.92. The van der Waals surface area contributed by atoms with E-state index in [9.17, 15) is 0 Å². The second kappa shape index (κ2) is 4.29. The minimum atomic E-state index is 0.148. The van der Waals surface area contributed by atoms with Gasteiger partial charge in [0.15, 0.2) is 0 Å². The lowest BCUT2D eigenvalue weighted by Gasteiger charge is -2.43. The molecule has 0 bridgehead atoms. The molecule has 2 aliphatic rings. The highest BCUT2D eigenvalue weighted by Crippen LogP contribution is 2.30. The van der Waals surface area contributed by atoms with Crippen LogP contribution in [0.3, 0.4) is 0 Å². The van der Waals surface area contributed by atoms with Crippen molar-refractivity contribution in [2.75, 3.05) is 13.1 Å². The normalized spacial score (nSPS) is 28.0. The Morgan fingerprint density at radius 1 is 1.21 bits per heavy atom. The molecule has 1 aliphatic carbocycles. The van der Waals surface area contributed by atoms with Gasteiger partial charge >= 0.3 is 0 Å². The van der Waals surface area contributed by atoms with Gasteiger partial charge in [-0.1, -0.05) is 19.3 Å². The molecule has 3 heteroatoms. The van der Waals surface area contributed by atoms with Gasteiger partial charge < -0.3 is 5.73 Å². The SMILES string of the molecule is N#C[C@@H](C1CCCCC1)N1CC(N)C1. The van der Waals surface area contributed by atoms with E-state index in [0.717, 1.165) is 13.1 Å². The molecule has 78 valence electrons. The van der Waals surface area contributed by atoms with Crippen LogP contribution in [0, 0.1) is 17.2 Å². The summed E-state index contributed by atoms with van der Waals surface area (Å²) in [4.78, 5) is 2.25. The molecule has 0 aromatic heterocycles. The Morgan fingerprint density at radius 2 is 1.86 bits per heavy atom. The maximum atomic E-state index is 9.17. The van der Waals surface area contributed by atoms with Gasteiger partial charge in [0.05, 0.1) is 6.07 Å². The number of hydrogen-bond acceptors (Lipinski definition) is 3. The van der Waals surface area contributed by atoms with Crippen molar-refractivity contribution in [3.63, 3.8) is 0 Å². The lowest BCUT2D eigenvalue weighted by Crippen LogP contribution is -2.60. The molecule has 2 N–H and O–H groups in total. The molecule has 0 unspecified atom stereocenters.